The fourth-order valence-electron chi connectivity index (χ4n) is 3.84. The van der Waals surface area contributed by atoms with Gasteiger partial charge in [-0.2, -0.15) is 0 Å². The van der Waals surface area contributed by atoms with E-state index in [1.54, 1.807) is 0 Å². The van der Waals surface area contributed by atoms with Crippen LogP contribution in [0.1, 0.15) is 5.56 Å². The summed E-state index contributed by atoms with van der Waals surface area (Å²) < 4.78 is 16.6. The van der Waals surface area contributed by atoms with E-state index in [-0.39, 0.29) is 12.5 Å². The van der Waals surface area contributed by atoms with Gasteiger partial charge in [0.05, 0.1) is 26.3 Å². The highest BCUT2D eigenvalue weighted by Crippen LogP contribution is 2.32. The van der Waals surface area contributed by atoms with Crippen molar-refractivity contribution in [3.8, 4) is 16.9 Å². The zero-order valence-corrected chi connectivity index (χ0v) is 17.6. The molecule has 3 aromatic rings. The number of morpholine rings is 1. The molecule has 1 aliphatic rings. The van der Waals surface area contributed by atoms with Gasteiger partial charge in [-0.15, -0.1) is 0 Å². The van der Waals surface area contributed by atoms with Crippen molar-refractivity contribution in [1.82, 2.24) is 5.32 Å². The summed E-state index contributed by atoms with van der Waals surface area (Å²) in [5, 5.41) is 3.72. The van der Waals surface area contributed by atoms with Crippen LogP contribution in [0, 0.1) is 6.92 Å². The van der Waals surface area contributed by atoms with Crippen LogP contribution >= 0.6 is 0 Å². The second-order valence-corrected chi connectivity index (χ2v) is 7.66. The van der Waals surface area contributed by atoms with Gasteiger partial charge in [0.2, 0.25) is 0 Å². The van der Waals surface area contributed by atoms with Gasteiger partial charge in [0, 0.05) is 17.0 Å². The van der Waals surface area contributed by atoms with Crippen LogP contribution in [0.15, 0.2) is 57.7 Å². The molecule has 7 heteroatoms. The second-order valence-electron chi connectivity index (χ2n) is 7.66. The summed E-state index contributed by atoms with van der Waals surface area (Å²) in [6.45, 7) is 6.70. The summed E-state index contributed by atoms with van der Waals surface area (Å²) in [4.78, 5) is 25.8. The first-order valence-electron chi connectivity index (χ1n) is 10.6. The van der Waals surface area contributed by atoms with E-state index in [0.717, 1.165) is 49.4 Å². The number of amides is 1. The van der Waals surface area contributed by atoms with Crippen molar-refractivity contribution in [1.29, 1.82) is 0 Å². The molecule has 0 saturated carbocycles. The van der Waals surface area contributed by atoms with E-state index >= 15 is 0 Å². The first-order chi connectivity index (χ1) is 15.1. The van der Waals surface area contributed by atoms with E-state index in [1.807, 2.05) is 49.4 Å². The van der Waals surface area contributed by atoms with Crippen LogP contribution in [0.2, 0.25) is 0 Å². The lowest BCUT2D eigenvalue weighted by Gasteiger charge is -2.23. The zero-order chi connectivity index (χ0) is 21.6. The van der Waals surface area contributed by atoms with Crippen molar-refractivity contribution < 1.29 is 23.6 Å². The Balaban J connectivity index is 1.43. The fraction of sp³-hybridized carbons (Fsp3) is 0.333. The van der Waals surface area contributed by atoms with Crippen molar-refractivity contribution in [2.45, 2.75) is 6.92 Å². The monoisotopic (exact) mass is 423 g/mol. The first-order valence-corrected chi connectivity index (χ1v) is 10.6. The lowest BCUT2D eigenvalue weighted by atomic mass is 10.0. The van der Waals surface area contributed by atoms with Crippen molar-refractivity contribution in [3.63, 3.8) is 0 Å². The second kappa shape index (κ2) is 9.76. The van der Waals surface area contributed by atoms with E-state index in [9.17, 15) is 9.59 Å². The highest BCUT2D eigenvalue weighted by atomic mass is 16.5. The molecule has 0 radical (unpaired) electrons. The van der Waals surface area contributed by atoms with Crippen LogP contribution in [-0.4, -0.2) is 51.9 Å². The minimum absolute atomic E-state index is 0.0899. The molecule has 1 amide bonds. The van der Waals surface area contributed by atoms with E-state index in [1.165, 1.54) is 11.0 Å². The molecular weight excluding hydrogens is 396 g/mol. The summed E-state index contributed by atoms with van der Waals surface area (Å²) in [6.07, 6.45) is 0. The molecule has 4 rings (SSSR count). The summed E-state index contributed by atoms with van der Waals surface area (Å²) in [6, 6.07) is 14.9. The largest absolute Gasteiger partial charge is 0.483 e. The number of nitrogens with one attached hydrogen (secondary N) is 2. The van der Waals surface area contributed by atoms with E-state index in [4.69, 9.17) is 13.9 Å². The number of ether oxygens (including phenoxy) is 2. The molecule has 1 aliphatic heterocycles. The molecule has 0 bridgehead atoms. The van der Waals surface area contributed by atoms with Crippen LogP contribution in [-0.2, 0) is 9.53 Å². The van der Waals surface area contributed by atoms with Crippen LogP contribution in [0.4, 0.5) is 0 Å². The maximum Gasteiger partial charge on any atom is 0.336 e. The molecule has 0 atom stereocenters. The predicted molar refractivity (Wildman–Crippen MR) is 118 cm³/mol. The fourth-order valence-corrected chi connectivity index (χ4v) is 3.84. The minimum Gasteiger partial charge on any atom is -0.483 e. The molecule has 7 nitrogen and oxygen atoms in total. The number of quaternary nitrogens is 1. The van der Waals surface area contributed by atoms with Crippen molar-refractivity contribution >= 4 is 16.9 Å². The van der Waals surface area contributed by atoms with Crippen LogP contribution in [0.5, 0.6) is 5.75 Å². The van der Waals surface area contributed by atoms with Crippen LogP contribution in [0.3, 0.4) is 0 Å². The van der Waals surface area contributed by atoms with Gasteiger partial charge in [-0.3, -0.25) is 4.79 Å². The third-order valence-electron chi connectivity index (χ3n) is 5.56. The maximum atomic E-state index is 12.2. The number of hydrogen-bond donors (Lipinski definition) is 2. The first kappa shape index (κ1) is 21.1. The molecule has 1 saturated heterocycles. The normalized spacial score (nSPS) is 14.5. The standard InChI is InChI=1S/C24H26N2O5/c1-17-21(30-16-22(27)25-9-10-26-11-13-29-14-12-26)8-7-19-20(15-23(28)31-24(17)19)18-5-3-2-4-6-18/h2-8,15H,9-14,16H2,1H3,(H,25,27)/p+1. The number of fused-ring (bicyclic) bond motifs is 1. The van der Waals surface area contributed by atoms with Crippen molar-refractivity contribution in [2.75, 3.05) is 46.0 Å². The Labute approximate surface area is 180 Å². The van der Waals surface area contributed by atoms with Crippen LogP contribution in [0.25, 0.3) is 22.1 Å². The lowest BCUT2D eigenvalue weighted by Crippen LogP contribution is -3.14. The Kier molecular flexibility index (Phi) is 6.64. The zero-order valence-electron chi connectivity index (χ0n) is 17.6. The summed E-state index contributed by atoms with van der Waals surface area (Å²) >= 11 is 0. The molecule has 1 aromatic heterocycles. The molecule has 31 heavy (non-hydrogen) atoms. The SMILES string of the molecule is Cc1c(OCC(=O)NCC[NH+]2CCOCC2)ccc2c(-c3ccccc3)cc(=O)oc12. The third-order valence-corrected chi connectivity index (χ3v) is 5.56. The summed E-state index contributed by atoms with van der Waals surface area (Å²) in [5.41, 5.74) is 2.49. The van der Waals surface area contributed by atoms with Gasteiger partial charge >= 0.3 is 5.63 Å². The van der Waals surface area contributed by atoms with Gasteiger partial charge in [0.1, 0.15) is 24.4 Å². The Morgan fingerprint density at radius 2 is 1.90 bits per heavy atom. The molecule has 0 unspecified atom stereocenters. The van der Waals surface area contributed by atoms with Crippen molar-refractivity contribution in [3.05, 3.63) is 64.5 Å². The van der Waals surface area contributed by atoms with E-state index < -0.39 is 5.63 Å². The highest BCUT2D eigenvalue weighted by molar-refractivity contribution is 5.95. The molecule has 2 N–H and O–H groups in total. The molecule has 0 aliphatic carbocycles. The predicted octanol–water partition coefficient (Wildman–Crippen LogP) is 1.18. The number of carbonyl (C=O) groups excluding carboxylic acids is 1. The Bertz CT molecular complexity index is 1100. The Morgan fingerprint density at radius 3 is 2.68 bits per heavy atom. The van der Waals surface area contributed by atoms with Gasteiger partial charge in [-0.25, -0.2) is 4.79 Å². The van der Waals surface area contributed by atoms with E-state index in [2.05, 4.69) is 5.32 Å². The van der Waals surface area contributed by atoms with Gasteiger partial charge in [0.15, 0.2) is 6.61 Å². The minimum atomic E-state index is -0.421. The van der Waals surface area contributed by atoms with Gasteiger partial charge < -0.3 is 24.1 Å². The molecule has 1 fully saturated rings. The van der Waals surface area contributed by atoms with Crippen LogP contribution < -0.4 is 20.6 Å². The van der Waals surface area contributed by atoms with Crippen molar-refractivity contribution in [2.24, 2.45) is 0 Å². The summed E-state index contributed by atoms with van der Waals surface area (Å²) in [7, 11) is 0. The topological polar surface area (TPSA) is 82.2 Å². The average molecular weight is 423 g/mol. The lowest BCUT2D eigenvalue weighted by molar-refractivity contribution is -0.906. The quantitative estimate of drug-likeness (QED) is 0.558. The van der Waals surface area contributed by atoms with Gasteiger partial charge in [-0.1, -0.05) is 30.3 Å². The van der Waals surface area contributed by atoms with E-state index in [0.29, 0.717) is 23.4 Å². The number of hydrogen-bond acceptors (Lipinski definition) is 5. The molecule has 0 spiro atoms. The average Bonchev–Trinajstić information content (AvgIpc) is 2.80. The molecule has 162 valence electrons. The molecular formula is C24H27N2O5+. The third kappa shape index (κ3) is 5.13. The Hall–Kier alpha value is -3.16. The highest BCUT2D eigenvalue weighted by Gasteiger charge is 2.15. The molecule has 2 aromatic carbocycles. The molecule has 2 heterocycles. The number of benzene rings is 2. The van der Waals surface area contributed by atoms with Gasteiger partial charge in [0.25, 0.3) is 5.91 Å². The summed E-state index contributed by atoms with van der Waals surface area (Å²) in [5.74, 6) is 0.349. The van der Waals surface area contributed by atoms with Gasteiger partial charge in [-0.05, 0) is 30.2 Å². The number of carbonyl (C=O) groups is 1. The Morgan fingerprint density at radius 1 is 1.13 bits per heavy atom. The smallest absolute Gasteiger partial charge is 0.336 e. The number of aryl methyl sites for hydroxylation is 1. The number of rotatable bonds is 7. The maximum absolute atomic E-state index is 12.2.